The SMILES string of the molecule is C=C/C=C\C=C/CC1=CC=C(c2ccc(-c3nc(C4=CCC(c5ccc6c(c5)C=CCC6)c5oc6ccccc6c54)nc(-c4ccccc4)n3)cc2)CC1. The molecule has 0 fully saturated rings. The number of aryl methyl sites for hydroxylation is 1. The molecule has 4 heteroatoms. The van der Waals surface area contributed by atoms with Gasteiger partial charge in [-0.1, -0.05) is 164 Å². The summed E-state index contributed by atoms with van der Waals surface area (Å²) in [5.74, 6) is 3.03. The average molecular weight is 700 g/mol. The van der Waals surface area contributed by atoms with Crippen LogP contribution >= 0.6 is 0 Å². The van der Waals surface area contributed by atoms with E-state index in [2.05, 4.69) is 122 Å². The topological polar surface area (TPSA) is 51.8 Å². The van der Waals surface area contributed by atoms with Crippen molar-refractivity contribution < 1.29 is 4.42 Å². The normalized spacial score (nSPS) is 16.6. The maximum atomic E-state index is 6.75. The molecule has 0 N–H and O–H groups in total. The predicted octanol–water partition coefficient (Wildman–Crippen LogP) is 12.7. The highest BCUT2D eigenvalue weighted by Gasteiger charge is 2.32. The van der Waals surface area contributed by atoms with Crippen molar-refractivity contribution in [2.75, 3.05) is 0 Å². The molecule has 0 spiro atoms. The summed E-state index contributed by atoms with van der Waals surface area (Å²) in [7, 11) is 0. The monoisotopic (exact) mass is 699 g/mol. The van der Waals surface area contributed by atoms with E-state index in [1.165, 1.54) is 33.4 Å². The minimum absolute atomic E-state index is 0.0928. The number of fused-ring (bicyclic) bond motifs is 4. The van der Waals surface area contributed by atoms with Gasteiger partial charge in [-0.25, -0.2) is 15.0 Å². The van der Waals surface area contributed by atoms with Crippen LogP contribution in [-0.4, -0.2) is 15.0 Å². The van der Waals surface area contributed by atoms with E-state index in [1.807, 2.05) is 36.4 Å². The minimum atomic E-state index is 0.0928. The highest BCUT2D eigenvalue weighted by atomic mass is 16.3. The molecule has 9 rings (SSSR count). The molecule has 3 aliphatic carbocycles. The Morgan fingerprint density at radius 2 is 1.50 bits per heavy atom. The van der Waals surface area contributed by atoms with Gasteiger partial charge in [0.1, 0.15) is 11.3 Å². The summed E-state index contributed by atoms with van der Waals surface area (Å²) in [5, 5.41) is 1.08. The molecule has 4 aromatic carbocycles. The fourth-order valence-corrected chi connectivity index (χ4v) is 7.89. The van der Waals surface area contributed by atoms with Gasteiger partial charge >= 0.3 is 0 Å². The van der Waals surface area contributed by atoms with E-state index < -0.39 is 0 Å². The number of hydrogen-bond donors (Lipinski definition) is 0. The molecule has 262 valence electrons. The lowest BCUT2D eigenvalue weighted by molar-refractivity contribution is 0.515. The van der Waals surface area contributed by atoms with Crippen LogP contribution in [0.15, 0.2) is 168 Å². The molecule has 0 aliphatic heterocycles. The van der Waals surface area contributed by atoms with Gasteiger partial charge in [-0.3, -0.25) is 0 Å². The van der Waals surface area contributed by atoms with Crippen LogP contribution < -0.4 is 0 Å². The standard InChI is InChI=1S/C50H41N3O/c1-2-3-4-5-7-14-34-21-23-36(24-22-34)37-25-28-39(29-26-37)49-51-48(38-16-8-6-9-17-38)52-50(53-49)44-32-31-42(41-30-27-35-15-10-11-18-40(35)33-41)47-46(44)43-19-12-13-20-45(43)54-47/h2-9,11-13,16-21,23,25-30,32-33,42H,1,10,14-15,22,24,31H2/b4-3-,7-5-. The summed E-state index contributed by atoms with van der Waals surface area (Å²) < 4.78 is 6.75. The molecule has 0 saturated heterocycles. The zero-order chi connectivity index (χ0) is 36.3. The van der Waals surface area contributed by atoms with Crippen LogP contribution in [0.25, 0.3) is 51.0 Å². The van der Waals surface area contributed by atoms with E-state index in [0.29, 0.717) is 17.5 Å². The fourth-order valence-electron chi connectivity index (χ4n) is 7.89. The Kier molecular flexibility index (Phi) is 9.24. The van der Waals surface area contributed by atoms with Crippen LogP contribution in [-0.2, 0) is 6.42 Å². The van der Waals surface area contributed by atoms with E-state index in [4.69, 9.17) is 19.4 Å². The molecule has 0 bridgehead atoms. The van der Waals surface area contributed by atoms with Crippen molar-refractivity contribution in [3.05, 3.63) is 203 Å². The molecular formula is C50H41N3O. The van der Waals surface area contributed by atoms with Crippen LogP contribution in [0.4, 0.5) is 0 Å². The zero-order valence-corrected chi connectivity index (χ0v) is 30.3. The number of hydrogen-bond acceptors (Lipinski definition) is 4. The molecule has 0 radical (unpaired) electrons. The summed E-state index contributed by atoms with van der Waals surface area (Å²) >= 11 is 0. The lowest BCUT2D eigenvalue weighted by Crippen LogP contribution is -2.11. The van der Waals surface area contributed by atoms with E-state index in [-0.39, 0.29) is 5.92 Å². The van der Waals surface area contributed by atoms with E-state index in [9.17, 15) is 0 Å². The second kappa shape index (κ2) is 14.9. The number of allylic oxidation sites excluding steroid dienone is 11. The van der Waals surface area contributed by atoms with Crippen LogP contribution in [0.2, 0.25) is 0 Å². The molecule has 2 heterocycles. The smallest absolute Gasteiger partial charge is 0.164 e. The molecule has 0 saturated carbocycles. The van der Waals surface area contributed by atoms with Gasteiger partial charge in [0.2, 0.25) is 0 Å². The number of benzene rings is 4. The van der Waals surface area contributed by atoms with E-state index >= 15 is 0 Å². The Balaban J connectivity index is 1.08. The van der Waals surface area contributed by atoms with Crippen LogP contribution in [0.3, 0.4) is 0 Å². The molecule has 1 unspecified atom stereocenters. The molecule has 2 aromatic heterocycles. The summed E-state index contributed by atoms with van der Waals surface area (Å²) in [5.41, 5.74) is 12.9. The summed E-state index contributed by atoms with van der Waals surface area (Å²) in [6, 6.07) is 34.2. The molecule has 0 amide bonds. The van der Waals surface area contributed by atoms with Crippen molar-refractivity contribution >= 4 is 28.2 Å². The van der Waals surface area contributed by atoms with E-state index in [1.54, 1.807) is 6.08 Å². The molecular weight excluding hydrogens is 659 g/mol. The van der Waals surface area contributed by atoms with Crippen molar-refractivity contribution in [2.24, 2.45) is 0 Å². The van der Waals surface area contributed by atoms with Gasteiger partial charge in [0.05, 0.1) is 0 Å². The first-order valence-electron chi connectivity index (χ1n) is 19.0. The number of rotatable bonds is 9. The van der Waals surface area contributed by atoms with Crippen LogP contribution in [0.5, 0.6) is 0 Å². The van der Waals surface area contributed by atoms with E-state index in [0.717, 1.165) is 77.5 Å². The third-order valence-electron chi connectivity index (χ3n) is 10.7. The van der Waals surface area contributed by atoms with Gasteiger partial charge in [-0.2, -0.15) is 0 Å². The van der Waals surface area contributed by atoms with Crippen molar-refractivity contribution in [2.45, 2.75) is 44.4 Å². The Bertz CT molecular complexity index is 2560. The number of furan rings is 1. The second-order valence-electron chi connectivity index (χ2n) is 14.2. The van der Waals surface area contributed by atoms with Crippen LogP contribution in [0, 0.1) is 0 Å². The highest BCUT2D eigenvalue weighted by Crippen LogP contribution is 2.46. The van der Waals surface area contributed by atoms with Gasteiger partial charge in [0, 0.05) is 33.6 Å². The van der Waals surface area contributed by atoms with Gasteiger partial charge in [-0.05, 0) is 72.4 Å². The maximum Gasteiger partial charge on any atom is 0.164 e. The highest BCUT2D eigenvalue weighted by molar-refractivity contribution is 5.97. The quantitative estimate of drug-likeness (QED) is 0.141. The zero-order valence-electron chi connectivity index (χ0n) is 30.3. The first-order chi connectivity index (χ1) is 26.7. The summed E-state index contributed by atoms with van der Waals surface area (Å²) in [4.78, 5) is 15.4. The number of nitrogens with zero attached hydrogens (tertiary/aromatic N) is 3. The van der Waals surface area contributed by atoms with Gasteiger partial charge < -0.3 is 4.42 Å². The Labute approximate surface area is 317 Å². The molecule has 4 nitrogen and oxygen atoms in total. The molecule has 3 aliphatic rings. The Morgan fingerprint density at radius 1 is 0.722 bits per heavy atom. The third kappa shape index (κ3) is 6.68. The van der Waals surface area contributed by atoms with Crippen molar-refractivity contribution in [1.82, 2.24) is 15.0 Å². The maximum absolute atomic E-state index is 6.75. The minimum Gasteiger partial charge on any atom is -0.460 e. The predicted molar refractivity (Wildman–Crippen MR) is 223 cm³/mol. The van der Waals surface area contributed by atoms with Gasteiger partial charge in [0.15, 0.2) is 17.5 Å². The van der Waals surface area contributed by atoms with Gasteiger partial charge in [-0.15, -0.1) is 0 Å². The first-order valence-corrected chi connectivity index (χ1v) is 19.0. The van der Waals surface area contributed by atoms with Crippen LogP contribution in [0.1, 0.15) is 77.4 Å². The first kappa shape index (κ1) is 33.4. The fraction of sp³-hybridized carbons (Fsp3) is 0.140. The Morgan fingerprint density at radius 3 is 2.31 bits per heavy atom. The molecule has 6 aromatic rings. The van der Waals surface area contributed by atoms with Gasteiger partial charge in [0.25, 0.3) is 0 Å². The Hall–Kier alpha value is -6.39. The number of para-hydroxylation sites is 1. The largest absolute Gasteiger partial charge is 0.460 e. The van der Waals surface area contributed by atoms with Crippen molar-refractivity contribution in [3.8, 4) is 22.8 Å². The third-order valence-corrected chi connectivity index (χ3v) is 10.7. The van der Waals surface area contributed by atoms with Crippen molar-refractivity contribution in [1.29, 1.82) is 0 Å². The molecule has 54 heavy (non-hydrogen) atoms. The summed E-state index contributed by atoms with van der Waals surface area (Å²) in [6.45, 7) is 3.73. The summed E-state index contributed by atoms with van der Waals surface area (Å²) in [6.07, 6.45) is 27.5. The lowest BCUT2D eigenvalue weighted by atomic mass is 9.81. The number of aromatic nitrogens is 3. The second-order valence-corrected chi connectivity index (χ2v) is 14.2. The van der Waals surface area contributed by atoms with Crippen molar-refractivity contribution in [3.63, 3.8) is 0 Å². The average Bonchev–Trinajstić information content (AvgIpc) is 3.63. The lowest BCUT2D eigenvalue weighted by Gasteiger charge is -2.23. The molecule has 1 atom stereocenters.